The van der Waals surface area contributed by atoms with Crippen LogP contribution in [0.4, 0.5) is 0 Å². The van der Waals surface area contributed by atoms with Gasteiger partial charge < -0.3 is 4.90 Å². The van der Waals surface area contributed by atoms with Crippen molar-refractivity contribution in [1.82, 2.24) is 19.2 Å². The highest BCUT2D eigenvalue weighted by atomic mass is 16.2. The van der Waals surface area contributed by atoms with E-state index in [1.54, 1.807) is 4.57 Å². The van der Waals surface area contributed by atoms with Gasteiger partial charge in [-0.15, -0.1) is 0 Å². The van der Waals surface area contributed by atoms with E-state index in [4.69, 9.17) is 0 Å². The number of aryl methyl sites for hydroxylation is 1. The summed E-state index contributed by atoms with van der Waals surface area (Å²) in [5.74, 6) is 0.761. The maximum Gasteiger partial charge on any atom is 0.346 e. The third kappa shape index (κ3) is 4.06. The Morgan fingerprint density at radius 2 is 2.00 bits per heavy atom. The van der Waals surface area contributed by atoms with Gasteiger partial charge in [0.1, 0.15) is 12.4 Å². The number of hydrogen-bond donors (Lipinski definition) is 0. The summed E-state index contributed by atoms with van der Waals surface area (Å²) in [5.41, 5.74) is 0.938. The van der Waals surface area contributed by atoms with Gasteiger partial charge in [0.15, 0.2) is 0 Å². The predicted molar refractivity (Wildman–Crippen MR) is 101 cm³/mol. The zero-order valence-corrected chi connectivity index (χ0v) is 15.7. The Balaban J connectivity index is 1.78. The van der Waals surface area contributed by atoms with Crippen LogP contribution in [0.5, 0.6) is 0 Å². The van der Waals surface area contributed by atoms with Gasteiger partial charge in [-0.3, -0.25) is 9.36 Å². The Kier molecular flexibility index (Phi) is 5.91. The van der Waals surface area contributed by atoms with E-state index < -0.39 is 0 Å². The highest BCUT2D eigenvalue weighted by Gasteiger charge is 2.23. The molecule has 0 aliphatic carbocycles. The molecule has 0 fully saturated rings. The second-order valence-corrected chi connectivity index (χ2v) is 7.08. The van der Waals surface area contributed by atoms with Crippen molar-refractivity contribution in [2.24, 2.45) is 0 Å². The van der Waals surface area contributed by atoms with Crippen LogP contribution in [0.25, 0.3) is 0 Å². The Morgan fingerprint density at radius 3 is 2.73 bits per heavy atom. The number of fused-ring (bicyclic) bond motifs is 1. The molecule has 1 aromatic heterocycles. The normalized spacial score (nSPS) is 15.2. The van der Waals surface area contributed by atoms with Crippen molar-refractivity contribution >= 4 is 5.91 Å². The first-order valence-electron chi connectivity index (χ1n) is 9.60. The van der Waals surface area contributed by atoms with Crippen LogP contribution >= 0.6 is 0 Å². The van der Waals surface area contributed by atoms with E-state index in [1.807, 2.05) is 42.2 Å². The molecule has 26 heavy (non-hydrogen) atoms. The van der Waals surface area contributed by atoms with Crippen molar-refractivity contribution < 1.29 is 4.79 Å². The zero-order valence-electron chi connectivity index (χ0n) is 15.7. The van der Waals surface area contributed by atoms with E-state index in [2.05, 4.69) is 12.0 Å². The molecule has 140 valence electrons. The molecule has 2 aromatic rings. The van der Waals surface area contributed by atoms with Gasteiger partial charge >= 0.3 is 5.69 Å². The van der Waals surface area contributed by atoms with Crippen molar-refractivity contribution in [2.75, 3.05) is 0 Å². The fourth-order valence-corrected chi connectivity index (χ4v) is 3.44. The molecule has 0 bridgehead atoms. The highest BCUT2D eigenvalue weighted by molar-refractivity contribution is 5.76. The van der Waals surface area contributed by atoms with E-state index in [0.717, 1.165) is 43.5 Å². The second kappa shape index (κ2) is 8.34. The molecule has 0 spiro atoms. The van der Waals surface area contributed by atoms with Gasteiger partial charge in [-0.25, -0.2) is 9.48 Å². The molecule has 1 aliphatic heterocycles. The predicted octanol–water partition coefficient (Wildman–Crippen LogP) is 2.60. The standard InChI is InChI=1S/C20H28N4O2/c1-3-16(2)23(14-17-10-6-4-7-11-17)19(25)15-24-20(26)22-13-9-5-8-12-18(22)21-24/h4,6-7,10-11,16H,3,5,8-9,12-15H2,1-2H3. The Bertz CT molecular complexity index is 794. The van der Waals surface area contributed by atoms with Crippen molar-refractivity contribution in [3.05, 3.63) is 52.2 Å². The van der Waals surface area contributed by atoms with Crippen molar-refractivity contribution in [3.63, 3.8) is 0 Å². The van der Waals surface area contributed by atoms with Crippen LogP contribution in [-0.2, 0) is 30.8 Å². The zero-order chi connectivity index (χ0) is 18.5. The van der Waals surface area contributed by atoms with Crippen molar-refractivity contribution in [2.45, 2.75) is 71.6 Å². The summed E-state index contributed by atoms with van der Waals surface area (Å²) >= 11 is 0. The smallest absolute Gasteiger partial charge is 0.334 e. The number of benzene rings is 1. The monoisotopic (exact) mass is 356 g/mol. The lowest BCUT2D eigenvalue weighted by atomic mass is 10.1. The minimum Gasteiger partial charge on any atom is -0.334 e. The van der Waals surface area contributed by atoms with Crippen molar-refractivity contribution in [1.29, 1.82) is 0 Å². The van der Waals surface area contributed by atoms with Gasteiger partial charge in [-0.05, 0) is 31.7 Å². The van der Waals surface area contributed by atoms with Gasteiger partial charge in [0, 0.05) is 25.6 Å². The first kappa shape index (κ1) is 18.4. The lowest BCUT2D eigenvalue weighted by Gasteiger charge is -2.28. The summed E-state index contributed by atoms with van der Waals surface area (Å²) in [6, 6.07) is 10.1. The molecule has 0 saturated carbocycles. The maximum absolute atomic E-state index is 13.0. The molecule has 6 heteroatoms. The van der Waals surface area contributed by atoms with Crippen LogP contribution in [0.1, 0.15) is 50.9 Å². The van der Waals surface area contributed by atoms with Crippen LogP contribution < -0.4 is 5.69 Å². The van der Waals surface area contributed by atoms with E-state index in [1.165, 1.54) is 4.68 Å². The number of rotatable bonds is 6. The molecular formula is C20H28N4O2. The third-order valence-electron chi connectivity index (χ3n) is 5.21. The van der Waals surface area contributed by atoms with Gasteiger partial charge in [0.25, 0.3) is 0 Å². The quantitative estimate of drug-likeness (QED) is 0.799. The molecule has 1 atom stereocenters. The number of amides is 1. The molecule has 0 radical (unpaired) electrons. The average Bonchev–Trinajstić information content (AvgIpc) is 2.82. The van der Waals surface area contributed by atoms with Crippen molar-refractivity contribution in [3.8, 4) is 0 Å². The molecule has 1 aliphatic rings. The number of aromatic nitrogens is 3. The maximum atomic E-state index is 13.0. The summed E-state index contributed by atoms with van der Waals surface area (Å²) in [4.78, 5) is 27.4. The summed E-state index contributed by atoms with van der Waals surface area (Å²) in [6.07, 6.45) is 4.86. The van der Waals surface area contributed by atoms with E-state index in [0.29, 0.717) is 13.1 Å². The lowest BCUT2D eigenvalue weighted by molar-refractivity contribution is -0.134. The molecule has 2 heterocycles. The Hall–Kier alpha value is -2.37. The summed E-state index contributed by atoms with van der Waals surface area (Å²) in [6.45, 7) is 5.39. The first-order valence-corrected chi connectivity index (χ1v) is 9.60. The van der Waals surface area contributed by atoms with Gasteiger partial charge in [0.05, 0.1) is 0 Å². The molecular weight excluding hydrogens is 328 g/mol. The Labute approximate surface area is 154 Å². The molecule has 0 N–H and O–H groups in total. The minimum atomic E-state index is -0.154. The van der Waals surface area contributed by atoms with E-state index in [9.17, 15) is 9.59 Å². The second-order valence-electron chi connectivity index (χ2n) is 7.08. The minimum absolute atomic E-state index is 0.00993. The summed E-state index contributed by atoms with van der Waals surface area (Å²) in [7, 11) is 0. The summed E-state index contributed by atoms with van der Waals surface area (Å²) in [5, 5.41) is 4.44. The first-order chi connectivity index (χ1) is 12.6. The topological polar surface area (TPSA) is 60.1 Å². The number of carbonyl (C=O) groups excluding carboxylic acids is 1. The van der Waals surface area contributed by atoms with Crippen LogP contribution in [0, 0.1) is 0 Å². The molecule has 1 unspecified atom stereocenters. The van der Waals surface area contributed by atoms with Crippen LogP contribution in [0.15, 0.2) is 35.1 Å². The van der Waals surface area contributed by atoms with E-state index >= 15 is 0 Å². The number of nitrogens with zero attached hydrogens (tertiary/aromatic N) is 4. The number of hydrogen-bond acceptors (Lipinski definition) is 3. The van der Waals surface area contributed by atoms with Crippen LogP contribution in [0.3, 0.4) is 0 Å². The van der Waals surface area contributed by atoms with E-state index in [-0.39, 0.29) is 24.2 Å². The fourth-order valence-electron chi connectivity index (χ4n) is 3.44. The molecule has 1 amide bonds. The number of carbonyl (C=O) groups is 1. The largest absolute Gasteiger partial charge is 0.346 e. The van der Waals surface area contributed by atoms with Gasteiger partial charge in [-0.1, -0.05) is 43.7 Å². The molecule has 6 nitrogen and oxygen atoms in total. The molecule has 0 saturated heterocycles. The Morgan fingerprint density at radius 1 is 1.23 bits per heavy atom. The third-order valence-corrected chi connectivity index (χ3v) is 5.21. The lowest BCUT2D eigenvalue weighted by Crippen LogP contribution is -2.41. The van der Waals surface area contributed by atoms with Crippen LogP contribution in [0.2, 0.25) is 0 Å². The fraction of sp³-hybridized carbons (Fsp3) is 0.550. The molecule has 1 aromatic carbocycles. The molecule has 3 rings (SSSR count). The highest BCUT2D eigenvalue weighted by Crippen LogP contribution is 2.13. The SMILES string of the molecule is CCC(C)N(Cc1ccccc1)C(=O)Cn1nc2n(c1=O)CCCCC2. The van der Waals surface area contributed by atoms with Gasteiger partial charge in [0.2, 0.25) is 5.91 Å². The van der Waals surface area contributed by atoms with Crippen LogP contribution in [-0.4, -0.2) is 31.2 Å². The average molecular weight is 356 g/mol. The summed E-state index contributed by atoms with van der Waals surface area (Å²) < 4.78 is 3.09. The van der Waals surface area contributed by atoms with Gasteiger partial charge in [-0.2, -0.15) is 5.10 Å².